The largest absolute Gasteiger partial charge is 0.494 e. The molecule has 1 aliphatic heterocycles. The lowest BCUT2D eigenvalue weighted by Gasteiger charge is -2.35. The summed E-state index contributed by atoms with van der Waals surface area (Å²) in [5.41, 5.74) is 4.53. The number of fused-ring (bicyclic) bond motifs is 2. The predicted octanol–water partition coefficient (Wildman–Crippen LogP) is 6.39. The normalized spacial score (nSPS) is 20.3. The van der Waals surface area contributed by atoms with Crippen LogP contribution < -0.4 is 15.4 Å². The first-order chi connectivity index (χ1) is 16.8. The van der Waals surface area contributed by atoms with Gasteiger partial charge in [0.05, 0.1) is 29.9 Å². The Labute approximate surface area is 206 Å². The average Bonchev–Trinajstić information content (AvgIpc) is 3.00. The first kappa shape index (κ1) is 22.9. The van der Waals surface area contributed by atoms with Crippen molar-refractivity contribution in [1.82, 2.24) is 0 Å². The van der Waals surface area contributed by atoms with E-state index in [2.05, 4.69) is 30.6 Å². The highest BCUT2D eigenvalue weighted by atomic mass is 16.5. The van der Waals surface area contributed by atoms with Crippen LogP contribution in [0.5, 0.6) is 5.75 Å². The summed E-state index contributed by atoms with van der Waals surface area (Å²) in [5.74, 6) is 0.605. The number of carbonyl (C=O) groups excluding carboxylic acids is 2. The maximum atomic E-state index is 13.5. The number of hydrogen-bond donors (Lipinski definition) is 2. The lowest BCUT2D eigenvalue weighted by molar-refractivity contribution is -0.124. The van der Waals surface area contributed by atoms with Crippen molar-refractivity contribution in [3.05, 3.63) is 101 Å². The molecule has 3 aromatic rings. The second-order valence-electron chi connectivity index (χ2n) is 9.91. The van der Waals surface area contributed by atoms with Crippen LogP contribution in [0.4, 0.5) is 11.4 Å². The number of ketones is 2. The second-order valence-corrected chi connectivity index (χ2v) is 9.91. The van der Waals surface area contributed by atoms with Crippen LogP contribution in [-0.2, 0) is 4.79 Å². The van der Waals surface area contributed by atoms with Crippen LogP contribution in [0.3, 0.4) is 0 Å². The summed E-state index contributed by atoms with van der Waals surface area (Å²) in [4.78, 5) is 26.6. The fourth-order valence-corrected chi connectivity index (χ4v) is 5.06. The Morgan fingerprint density at radius 2 is 1.71 bits per heavy atom. The Morgan fingerprint density at radius 1 is 0.971 bits per heavy atom. The molecule has 0 aromatic heterocycles. The van der Waals surface area contributed by atoms with E-state index in [1.54, 1.807) is 0 Å². The Kier molecular flexibility index (Phi) is 5.93. The minimum Gasteiger partial charge on any atom is -0.494 e. The van der Waals surface area contributed by atoms with Gasteiger partial charge in [-0.25, -0.2) is 0 Å². The predicted molar refractivity (Wildman–Crippen MR) is 139 cm³/mol. The lowest BCUT2D eigenvalue weighted by atomic mass is 9.72. The number of carbonyl (C=O) groups is 2. The minimum atomic E-state index is -0.360. The molecule has 5 heteroatoms. The van der Waals surface area contributed by atoms with Crippen molar-refractivity contribution >= 4 is 22.9 Å². The van der Waals surface area contributed by atoms with Gasteiger partial charge in [-0.1, -0.05) is 62.4 Å². The molecular formula is C30H30N2O3. The van der Waals surface area contributed by atoms with E-state index in [0.29, 0.717) is 24.2 Å². The van der Waals surface area contributed by atoms with E-state index < -0.39 is 0 Å². The van der Waals surface area contributed by atoms with Gasteiger partial charge in [0.2, 0.25) is 0 Å². The fraction of sp³-hybridized carbons (Fsp3) is 0.267. The number of anilines is 2. The van der Waals surface area contributed by atoms with E-state index in [4.69, 9.17) is 4.74 Å². The van der Waals surface area contributed by atoms with Crippen LogP contribution in [0.25, 0.3) is 0 Å². The van der Waals surface area contributed by atoms with Crippen molar-refractivity contribution in [2.45, 2.75) is 33.2 Å². The number of hydrogen-bond acceptors (Lipinski definition) is 5. The maximum Gasteiger partial charge on any atom is 0.193 e. The van der Waals surface area contributed by atoms with Crippen LogP contribution >= 0.6 is 0 Å². The van der Waals surface area contributed by atoms with E-state index in [1.807, 2.05) is 79.7 Å². The van der Waals surface area contributed by atoms with Gasteiger partial charge in [-0.3, -0.25) is 9.59 Å². The molecule has 3 aromatic carbocycles. The van der Waals surface area contributed by atoms with Crippen LogP contribution in [0, 0.1) is 11.3 Å². The van der Waals surface area contributed by atoms with Gasteiger partial charge < -0.3 is 15.4 Å². The molecule has 0 saturated heterocycles. The topological polar surface area (TPSA) is 67.4 Å². The quantitative estimate of drug-likeness (QED) is 0.426. The van der Waals surface area contributed by atoms with Crippen LogP contribution in [0.15, 0.2) is 84.6 Å². The van der Waals surface area contributed by atoms with E-state index in [9.17, 15) is 9.59 Å². The molecule has 0 spiro atoms. The second kappa shape index (κ2) is 9.06. The summed E-state index contributed by atoms with van der Waals surface area (Å²) in [6, 6.07) is 22.6. The van der Waals surface area contributed by atoms with E-state index in [1.165, 1.54) is 0 Å². The number of nitrogens with one attached hydrogen (secondary N) is 2. The van der Waals surface area contributed by atoms with E-state index in [-0.39, 0.29) is 28.9 Å². The molecule has 2 aliphatic rings. The van der Waals surface area contributed by atoms with Crippen molar-refractivity contribution in [2.24, 2.45) is 11.3 Å². The zero-order chi connectivity index (χ0) is 24.6. The monoisotopic (exact) mass is 466 g/mol. The standard InChI is InChI=1S/C30H30N2O3/c1-4-35-22-13-10-19(11-14-22)28-27-25(17-30(2,3)18-26(27)33)31-24-16-21(12-15-23(24)32-28)29(34)20-8-6-5-7-9-20/h5-17,27-28,31-32H,4,18H2,1-3H3/t27-,28-/m1/s1. The molecule has 2 atom stereocenters. The molecule has 1 heterocycles. The highest BCUT2D eigenvalue weighted by molar-refractivity contribution is 6.10. The van der Waals surface area contributed by atoms with Gasteiger partial charge in [0.15, 0.2) is 5.78 Å². The maximum absolute atomic E-state index is 13.5. The number of allylic oxidation sites excluding steroid dienone is 1. The summed E-state index contributed by atoms with van der Waals surface area (Å²) in [6.07, 6.45) is 2.65. The molecular weight excluding hydrogens is 436 g/mol. The molecule has 2 N–H and O–H groups in total. The lowest BCUT2D eigenvalue weighted by Crippen LogP contribution is -2.36. The summed E-state index contributed by atoms with van der Waals surface area (Å²) in [6.45, 7) is 6.72. The highest BCUT2D eigenvalue weighted by Gasteiger charge is 2.41. The summed E-state index contributed by atoms with van der Waals surface area (Å²) in [7, 11) is 0. The molecule has 35 heavy (non-hydrogen) atoms. The van der Waals surface area contributed by atoms with Crippen molar-refractivity contribution in [3.8, 4) is 5.75 Å². The molecule has 5 nitrogen and oxygen atoms in total. The number of benzene rings is 3. The first-order valence-corrected chi connectivity index (χ1v) is 12.1. The van der Waals surface area contributed by atoms with Gasteiger partial charge in [-0.15, -0.1) is 0 Å². The van der Waals surface area contributed by atoms with Gasteiger partial charge in [0, 0.05) is 23.2 Å². The van der Waals surface area contributed by atoms with Crippen molar-refractivity contribution in [1.29, 1.82) is 0 Å². The average molecular weight is 467 g/mol. The Bertz CT molecular complexity index is 1290. The third-order valence-electron chi connectivity index (χ3n) is 6.65. The highest BCUT2D eigenvalue weighted by Crippen LogP contribution is 2.45. The minimum absolute atomic E-state index is 0.0342. The molecule has 1 aliphatic carbocycles. The summed E-state index contributed by atoms with van der Waals surface area (Å²) in [5, 5.41) is 7.14. The number of ether oxygens (including phenoxy) is 1. The van der Waals surface area contributed by atoms with Crippen LogP contribution in [-0.4, -0.2) is 18.2 Å². The third kappa shape index (κ3) is 4.59. The van der Waals surface area contributed by atoms with Crippen LogP contribution in [0.1, 0.15) is 54.7 Å². The number of rotatable bonds is 5. The Hall–Kier alpha value is -3.86. The van der Waals surface area contributed by atoms with Gasteiger partial charge in [0.1, 0.15) is 11.5 Å². The van der Waals surface area contributed by atoms with Crippen molar-refractivity contribution in [3.63, 3.8) is 0 Å². The third-order valence-corrected chi connectivity index (χ3v) is 6.65. The van der Waals surface area contributed by atoms with Crippen molar-refractivity contribution in [2.75, 3.05) is 17.2 Å². The molecule has 178 valence electrons. The summed E-state index contributed by atoms with van der Waals surface area (Å²) >= 11 is 0. The van der Waals surface area contributed by atoms with E-state index >= 15 is 0 Å². The first-order valence-electron chi connectivity index (χ1n) is 12.1. The van der Waals surface area contributed by atoms with Gasteiger partial charge in [-0.05, 0) is 48.2 Å². The fourth-order valence-electron chi connectivity index (χ4n) is 5.06. The molecule has 0 saturated carbocycles. The SMILES string of the molecule is CCOc1ccc([C@H]2Nc3ccc(C(=O)c4ccccc4)cc3NC3=CC(C)(C)CC(=O)[C@@H]32)cc1. The summed E-state index contributed by atoms with van der Waals surface area (Å²) < 4.78 is 5.61. The van der Waals surface area contributed by atoms with Gasteiger partial charge in [-0.2, -0.15) is 0 Å². The number of Topliss-reactive ketones (excluding diaryl/α,β-unsaturated/α-hetero) is 1. The Balaban J connectivity index is 1.57. The molecule has 5 rings (SSSR count). The zero-order valence-corrected chi connectivity index (χ0v) is 20.3. The molecule has 0 unspecified atom stereocenters. The molecule has 0 amide bonds. The molecule has 0 radical (unpaired) electrons. The van der Waals surface area contributed by atoms with E-state index in [0.717, 1.165) is 28.4 Å². The molecule has 0 bridgehead atoms. The zero-order valence-electron chi connectivity index (χ0n) is 20.3. The van der Waals surface area contributed by atoms with Gasteiger partial charge >= 0.3 is 0 Å². The van der Waals surface area contributed by atoms with Crippen molar-refractivity contribution < 1.29 is 14.3 Å². The van der Waals surface area contributed by atoms with Gasteiger partial charge in [0.25, 0.3) is 0 Å². The Morgan fingerprint density at radius 3 is 2.43 bits per heavy atom. The smallest absolute Gasteiger partial charge is 0.193 e. The molecule has 0 fully saturated rings. The van der Waals surface area contributed by atoms with Crippen LogP contribution in [0.2, 0.25) is 0 Å².